The average Bonchev–Trinajstić information content (AvgIpc) is 3.78. The number of ether oxygens (including phenoxy) is 1. The number of para-hydroxylation sites is 1. The summed E-state index contributed by atoms with van der Waals surface area (Å²) in [5.41, 5.74) is 2.05. The number of benzene rings is 3. The van der Waals surface area contributed by atoms with Gasteiger partial charge in [-0.05, 0) is 73.2 Å². The van der Waals surface area contributed by atoms with E-state index >= 15 is 0 Å². The predicted octanol–water partition coefficient (Wildman–Crippen LogP) is 5.30. The van der Waals surface area contributed by atoms with E-state index in [0.29, 0.717) is 47.1 Å². The first kappa shape index (κ1) is 25.3. The third-order valence-corrected chi connectivity index (χ3v) is 7.81. The molecular formula is C31H28ClN3O4. The van der Waals surface area contributed by atoms with Crippen LogP contribution in [0.3, 0.4) is 0 Å². The first-order valence-corrected chi connectivity index (χ1v) is 13.5. The number of carbonyl (C=O) groups excluding carboxylic acids is 1. The van der Waals surface area contributed by atoms with Crippen LogP contribution in [0.2, 0.25) is 5.02 Å². The van der Waals surface area contributed by atoms with Crippen molar-refractivity contribution < 1.29 is 14.6 Å². The summed E-state index contributed by atoms with van der Waals surface area (Å²) < 4.78 is 6.04. The highest BCUT2D eigenvalue weighted by molar-refractivity contribution is 6.30. The van der Waals surface area contributed by atoms with E-state index in [-0.39, 0.29) is 17.5 Å². The summed E-state index contributed by atoms with van der Waals surface area (Å²) in [5, 5.41) is 11.2. The van der Waals surface area contributed by atoms with Crippen molar-refractivity contribution in [2.24, 2.45) is 0 Å². The number of halogens is 1. The van der Waals surface area contributed by atoms with Gasteiger partial charge in [0.25, 0.3) is 11.5 Å². The van der Waals surface area contributed by atoms with Crippen LogP contribution < -0.4 is 10.3 Å². The maximum Gasteiger partial charge on any atom is 0.256 e. The van der Waals surface area contributed by atoms with Crippen molar-refractivity contribution in [1.82, 2.24) is 14.9 Å². The van der Waals surface area contributed by atoms with Crippen LogP contribution >= 0.6 is 11.6 Å². The van der Waals surface area contributed by atoms with Gasteiger partial charge in [-0.1, -0.05) is 54.1 Å². The molecule has 8 heteroatoms. The quantitative estimate of drug-likeness (QED) is 0.345. The van der Waals surface area contributed by atoms with Gasteiger partial charge in [0.05, 0.1) is 23.2 Å². The molecule has 1 saturated carbocycles. The topological polar surface area (TPSA) is 95.5 Å². The Labute approximate surface area is 231 Å². The molecule has 39 heavy (non-hydrogen) atoms. The van der Waals surface area contributed by atoms with Crippen molar-refractivity contribution in [3.05, 3.63) is 122 Å². The number of aryl methyl sites for hydroxylation is 1. The second-order valence-electron chi connectivity index (χ2n) is 10.2. The summed E-state index contributed by atoms with van der Waals surface area (Å²) in [7, 11) is 0. The van der Waals surface area contributed by atoms with Gasteiger partial charge in [0.2, 0.25) is 0 Å². The highest BCUT2D eigenvalue weighted by atomic mass is 35.5. The number of hydrogen-bond donors (Lipinski definition) is 2. The van der Waals surface area contributed by atoms with Crippen molar-refractivity contribution in [1.29, 1.82) is 0 Å². The van der Waals surface area contributed by atoms with E-state index < -0.39 is 12.0 Å². The van der Waals surface area contributed by atoms with Crippen LogP contribution in [-0.2, 0) is 23.2 Å². The zero-order chi connectivity index (χ0) is 27.0. The van der Waals surface area contributed by atoms with E-state index in [4.69, 9.17) is 21.3 Å². The summed E-state index contributed by atoms with van der Waals surface area (Å²) in [6.07, 6.45) is 1.62. The molecule has 0 radical (unpaired) electrons. The number of aliphatic hydroxyl groups excluding tert-OH is 1. The summed E-state index contributed by atoms with van der Waals surface area (Å²) in [5.74, 6) is 1.69. The van der Waals surface area contributed by atoms with Crippen molar-refractivity contribution in [2.75, 3.05) is 6.54 Å². The lowest BCUT2D eigenvalue weighted by Gasteiger charge is -2.24. The Balaban J connectivity index is 1.26. The molecule has 1 aliphatic heterocycles. The molecule has 1 amide bonds. The summed E-state index contributed by atoms with van der Waals surface area (Å²) >= 11 is 6.04. The van der Waals surface area contributed by atoms with Crippen LogP contribution in [0.25, 0.3) is 0 Å². The minimum atomic E-state index is -1.35. The summed E-state index contributed by atoms with van der Waals surface area (Å²) in [4.78, 5) is 36.0. The van der Waals surface area contributed by atoms with Crippen LogP contribution in [0.4, 0.5) is 0 Å². The zero-order valence-electron chi connectivity index (χ0n) is 21.3. The van der Waals surface area contributed by atoms with E-state index in [9.17, 15) is 14.7 Å². The second kappa shape index (κ2) is 10.3. The molecule has 4 aromatic rings. The van der Waals surface area contributed by atoms with Gasteiger partial charge in [0.1, 0.15) is 17.3 Å². The lowest BCUT2D eigenvalue weighted by atomic mass is 9.94. The molecule has 1 unspecified atom stereocenters. The van der Waals surface area contributed by atoms with Gasteiger partial charge < -0.3 is 19.7 Å². The Hall–Kier alpha value is -3.94. The molecular weight excluding hydrogens is 514 g/mol. The van der Waals surface area contributed by atoms with Gasteiger partial charge in [-0.3, -0.25) is 9.59 Å². The van der Waals surface area contributed by atoms with Crippen LogP contribution in [0.1, 0.15) is 53.6 Å². The third-order valence-electron chi connectivity index (χ3n) is 7.57. The molecule has 2 N–H and O–H groups in total. The van der Waals surface area contributed by atoms with Gasteiger partial charge in [-0.25, -0.2) is 4.98 Å². The lowest BCUT2D eigenvalue weighted by molar-refractivity contribution is -0.141. The predicted molar refractivity (Wildman–Crippen MR) is 148 cm³/mol. The first-order chi connectivity index (χ1) is 18.9. The number of carbonyl (C=O) groups is 1. The van der Waals surface area contributed by atoms with Crippen molar-refractivity contribution >= 4 is 17.5 Å². The Bertz CT molecular complexity index is 1580. The average molecular weight is 542 g/mol. The number of amides is 1. The normalized spacial score (nSPS) is 16.6. The minimum Gasteiger partial charge on any atom is -0.457 e. The summed E-state index contributed by atoms with van der Waals surface area (Å²) in [6, 6.07) is 24.2. The third kappa shape index (κ3) is 5.07. The van der Waals surface area contributed by atoms with Crippen LogP contribution in [0.15, 0.2) is 83.7 Å². The molecule has 6 rings (SSSR count). The van der Waals surface area contributed by atoms with Crippen molar-refractivity contribution in [3.8, 4) is 11.5 Å². The number of hydrogen-bond acceptors (Lipinski definition) is 5. The fourth-order valence-corrected chi connectivity index (χ4v) is 5.50. The number of aromatic amines is 1. The molecule has 3 aromatic carbocycles. The molecule has 1 atom stereocenters. The number of aromatic nitrogens is 2. The number of fused-ring (bicyclic) bond motifs is 1. The monoisotopic (exact) mass is 541 g/mol. The van der Waals surface area contributed by atoms with Crippen LogP contribution in [0.5, 0.6) is 11.5 Å². The van der Waals surface area contributed by atoms with E-state index in [1.165, 1.54) is 4.90 Å². The Kier molecular flexibility index (Phi) is 6.71. The number of aliphatic hydroxyl groups is 1. The Morgan fingerprint density at radius 1 is 1.03 bits per heavy atom. The van der Waals surface area contributed by atoms with E-state index in [0.717, 1.165) is 29.9 Å². The second-order valence-corrected chi connectivity index (χ2v) is 10.6. The van der Waals surface area contributed by atoms with Gasteiger partial charge in [-0.2, -0.15) is 0 Å². The van der Waals surface area contributed by atoms with E-state index in [1.54, 1.807) is 24.3 Å². The highest BCUT2D eigenvalue weighted by Crippen LogP contribution is 2.52. The lowest BCUT2D eigenvalue weighted by Crippen LogP contribution is -2.36. The molecule has 0 saturated heterocycles. The van der Waals surface area contributed by atoms with E-state index in [2.05, 4.69) is 4.98 Å². The molecule has 0 spiro atoms. The molecule has 2 heterocycles. The van der Waals surface area contributed by atoms with Crippen LogP contribution in [0, 0.1) is 0 Å². The van der Waals surface area contributed by atoms with Gasteiger partial charge in [0, 0.05) is 11.6 Å². The maximum atomic E-state index is 13.4. The van der Waals surface area contributed by atoms with Crippen LogP contribution in [-0.4, -0.2) is 32.4 Å². The molecule has 2 aliphatic rings. The Morgan fingerprint density at radius 2 is 1.79 bits per heavy atom. The SMILES string of the molecule is O=C(C(O)c1cccc(Cl)c1)N1CCCc2nc(C3(c4cccc(Oc5ccccc5)c4)CC3)[nH]c(=O)c2C1. The zero-order valence-corrected chi connectivity index (χ0v) is 22.0. The number of nitrogens with zero attached hydrogens (tertiary/aromatic N) is 2. The van der Waals surface area contributed by atoms with Gasteiger partial charge in [0.15, 0.2) is 6.10 Å². The smallest absolute Gasteiger partial charge is 0.256 e. The van der Waals surface area contributed by atoms with Gasteiger partial charge >= 0.3 is 0 Å². The fraction of sp³-hybridized carbons (Fsp3) is 0.258. The standard InChI is InChI=1S/C31H28ClN3O4/c32-22-9-4-7-20(17-22)27(36)29(38)35-16-6-13-26-25(19-35)28(37)34-30(33-26)31(14-15-31)21-8-5-12-24(18-21)39-23-10-2-1-3-11-23/h1-5,7-12,17-18,27,36H,6,13-16,19H2,(H,33,34,37). The number of nitrogens with one attached hydrogen (secondary N) is 1. The number of rotatable bonds is 6. The Morgan fingerprint density at radius 3 is 2.56 bits per heavy atom. The largest absolute Gasteiger partial charge is 0.457 e. The molecule has 0 bridgehead atoms. The molecule has 7 nitrogen and oxygen atoms in total. The molecule has 1 aliphatic carbocycles. The highest BCUT2D eigenvalue weighted by Gasteiger charge is 2.49. The number of H-pyrrole nitrogens is 1. The van der Waals surface area contributed by atoms with Gasteiger partial charge in [-0.15, -0.1) is 0 Å². The molecule has 1 aromatic heterocycles. The molecule has 198 valence electrons. The maximum absolute atomic E-state index is 13.4. The minimum absolute atomic E-state index is 0.0990. The first-order valence-electron chi connectivity index (χ1n) is 13.1. The van der Waals surface area contributed by atoms with Crippen molar-refractivity contribution in [2.45, 2.75) is 43.7 Å². The van der Waals surface area contributed by atoms with E-state index in [1.807, 2.05) is 54.6 Å². The molecule has 1 fully saturated rings. The summed E-state index contributed by atoms with van der Waals surface area (Å²) in [6.45, 7) is 0.521. The van der Waals surface area contributed by atoms with Crippen molar-refractivity contribution in [3.63, 3.8) is 0 Å². The fourth-order valence-electron chi connectivity index (χ4n) is 5.30.